The second kappa shape index (κ2) is 13.9. The fourth-order valence-electron chi connectivity index (χ4n) is 3.46. The van der Waals surface area contributed by atoms with Crippen molar-refractivity contribution in [3.05, 3.63) is 23.8 Å². The lowest BCUT2D eigenvalue weighted by Gasteiger charge is -2.26. The maximum absolute atomic E-state index is 12.3. The Morgan fingerprint density at radius 2 is 1.88 bits per heavy atom. The van der Waals surface area contributed by atoms with E-state index in [4.69, 9.17) is 31.2 Å². The number of ether oxygens (including phenoxy) is 4. The molecule has 2 fully saturated rings. The number of hydrogen-bond donors (Lipinski definition) is 2. The summed E-state index contributed by atoms with van der Waals surface area (Å²) >= 11 is 5.26. The van der Waals surface area contributed by atoms with Crippen molar-refractivity contribution in [2.24, 2.45) is 5.10 Å². The standard InChI is InChI=1S/C22H33N5O5S/c1-29-20-15-18(3-4-19(20)32-17-21(28)27-9-13-31-14-10-27)16-24-25-22(33)23-5-2-6-26-7-11-30-12-8-26/h3-4,15-16H,2,5-14,17H2,1H3,(H2,23,25,33)/b24-16+. The van der Waals surface area contributed by atoms with Crippen LogP contribution < -0.4 is 20.2 Å². The Hall–Kier alpha value is -2.47. The van der Waals surface area contributed by atoms with Crippen LogP contribution in [0, 0.1) is 0 Å². The summed E-state index contributed by atoms with van der Waals surface area (Å²) in [5.74, 6) is 0.959. The lowest BCUT2D eigenvalue weighted by molar-refractivity contribution is -0.137. The Balaban J connectivity index is 1.38. The first kappa shape index (κ1) is 25.2. The highest BCUT2D eigenvalue weighted by Gasteiger charge is 2.18. The van der Waals surface area contributed by atoms with E-state index in [0.29, 0.717) is 42.9 Å². The molecule has 2 saturated heterocycles. The summed E-state index contributed by atoms with van der Waals surface area (Å²) in [6.07, 6.45) is 2.64. The molecule has 0 atom stereocenters. The van der Waals surface area contributed by atoms with Crippen LogP contribution in [0.4, 0.5) is 0 Å². The smallest absolute Gasteiger partial charge is 0.260 e. The number of morpholine rings is 2. The van der Waals surface area contributed by atoms with Gasteiger partial charge in [-0.05, 0) is 48.9 Å². The van der Waals surface area contributed by atoms with Gasteiger partial charge in [0.2, 0.25) is 0 Å². The third-order valence-electron chi connectivity index (χ3n) is 5.32. The molecule has 33 heavy (non-hydrogen) atoms. The largest absolute Gasteiger partial charge is 0.493 e. The fraction of sp³-hybridized carbons (Fsp3) is 0.591. The molecule has 2 N–H and O–H groups in total. The van der Waals surface area contributed by atoms with Crippen molar-refractivity contribution >= 4 is 29.5 Å². The van der Waals surface area contributed by atoms with Gasteiger partial charge >= 0.3 is 0 Å². The summed E-state index contributed by atoms with van der Waals surface area (Å²) in [4.78, 5) is 16.4. The predicted molar refractivity (Wildman–Crippen MR) is 129 cm³/mol. The maximum Gasteiger partial charge on any atom is 0.260 e. The number of thiocarbonyl (C=S) groups is 1. The van der Waals surface area contributed by atoms with Crippen LogP contribution in [-0.4, -0.2) is 106 Å². The van der Waals surface area contributed by atoms with Crippen LogP contribution in [0.1, 0.15) is 12.0 Å². The van der Waals surface area contributed by atoms with Gasteiger partial charge < -0.3 is 29.2 Å². The second-order valence-electron chi connectivity index (χ2n) is 7.63. The third kappa shape index (κ3) is 8.77. The minimum absolute atomic E-state index is 0.0448. The van der Waals surface area contributed by atoms with Crippen LogP contribution in [0.2, 0.25) is 0 Å². The van der Waals surface area contributed by atoms with Crippen molar-refractivity contribution in [1.29, 1.82) is 0 Å². The zero-order chi connectivity index (χ0) is 23.3. The Morgan fingerprint density at radius 3 is 2.61 bits per heavy atom. The fourth-order valence-corrected chi connectivity index (χ4v) is 3.62. The van der Waals surface area contributed by atoms with E-state index in [1.807, 2.05) is 6.07 Å². The molecule has 0 radical (unpaired) electrons. The van der Waals surface area contributed by atoms with E-state index < -0.39 is 0 Å². The first-order valence-electron chi connectivity index (χ1n) is 11.2. The quantitative estimate of drug-likeness (QED) is 0.215. The minimum Gasteiger partial charge on any atom is -0.493 e. The van der Waals surface area contributed by atoms with Crippen LogP contribution in [0.15, 0.2) is 23.3 Å². The van der Waals surface area contributed by atoms with Gasteiger partial charge in [0.05, 0.1) is 39.8 Å². The average molecular weight is 480 g/mol. The SMILES string of the molecule is COc1cc(/C=N/NC(=S)NCCCN2CCOCC2)ccc1OCC(=O)N1CCOCC1. The number of hydrogen-bond acceptors (Lipinski definition) is 8. The lowest BCUT2D eigenvalue weighted by atomic mass is 10.2. The average Bonchev–Trinajstić information content (AvgIpc) is 2.86. The molecule has 1 amide bonds. The normalized spacial score (nSPS) is 17.1. The predicted octanol–water partition coefficient (Wildman–Crippen LogP) is 0.453. The Bertz CT molecular complexity index is 797. The van der Waals surface area contributed by atoms with Crippen molar-refractivity contribution in [3.63, 3.8) is 0 Å². The Kier molecular flexibility index (Phi) is 10.6. The van der Waals surface area contributed by atoms with Gasteiger partial charge in [-0.15, -0.1) is 0 Å². The molecule has 10 nitrogen and oxygen atoms in total. The number of nitrogens with zero attached hydrogens (tertiary/aromatic N) is 3. The van der Waals surface area contributed by atoms with E-state index in [9.17, 15) is 4.79 Å². The number of methoxy groups -OCH3 is 1. The number of benzene rings is 1. The lowest BCUT2D eigenvalue weighted by Crippen LogP contribution is -2.43. The number of rotatable bonds is 10. The minimum atomic E-state index is -0.0684. The molecule has 3 rings (SSSR count). The van der Waals surface area contributed by atoms with E-state index >= 15 is 0 Å². The van der Waals surface area contributed by atoms with Gasteiger partial charge in [-0.2, -0.15) is 5.10 Å². The van der Waals surface area contributed by atoms with E-state index in [1.54, 1.807) is 30.4 Å². The highest BCUT2D eigenvalue weighted by molar-refractivity contribution is 7.80. The van der Waals surface area contributed by atoms with E-state index in [-0.39, 0.29) is 12.5 Å². The van der Waals surface area contributed by atoms with Crippen molar-refractivity contribution < 1.29 is 23.7 Å². The molecule has 182 valence electrons. The highest BCUT2D eigenvalue weighted by atomic mass is 32.1. The summed E-state index contributed by atoms with van der Waals surface area (Å²) in [6, 6.07) is 5.38. The van der Waals surface area contributed by atoms with Crippen LogP contribution in [0.25, 0.3) is 0 Å². The molecule has 0 aromatic heterocycles. The van der Waals surface area contributed by atoms with Gasteiger partial charge in [-0.25, -0.2) is 0 Å². The molecule has 0 bridgehead atoms. The number of nitrogens with one attached hydrogen (secondary N) is 2. The van der Waals surface area contributed by atoms with Crippen molar-refractivity contribution in [1.82, 2.24) is 20.5 Å². The van der Waals surface area contributed by atoms with Gasteiger partial charge in [-0.3, -0.25) is 15.1 Å². The van der Waals surface area contributed by atoms with Gasteiger partial charge in [0.15, 0.2) is 23.2 Å². The Labute approximate surface area is 200 Å². The monoisotopic (exact) mass is 479 g/mol. The highest BCUT2D eigenvalue weighted by Crippen LogP contribution is 2.27. The van der Waals surface area contributed by atoms with Crippen LogP contribution >= 0.6 is 12.2 Å². The van der Waals surface area contributed by atoms with E-state index in [0.717, 1.165) is 51.4 Å². The molecule has 1 aromatic rings. The number of amides is 1. The van der Waals surface area contributed by atoms with Crippen molar-refractivity contribution in [3.8, 4) is 11.5 Å². The summed E-state index contributed by atoms with van der Waals surface area (Å²) in [5, 5.41) is 7.80. The van der Waals surface area contributed by atoms with Crippen molar-refractivity contribution in [2.45, 2.75) is 6.42 Å². The molecular weight excluding hydrogens is 446 g/mol. The second-order valence-corrected chi connectivity index (χ2v) is 8.03. The zero-order valence-corrected chi connectivity index (χ0v) is 19.9. The first-order chi connectivity index (χ1) is 16.2. The molecule has 2 heterocycles. The van der Waals surface area contributed by atoms with Gasteiger partial charge in [0.1, 0.15) is 0 Å². The zero-order valence-electron chi connectivity index (χ0n) is 19.1. The van der Waals surface area contributed by atoms with Crippen LogP contribution in [0.3, 0.4) is 0 Å². The number of carbonyl (C=O) groups excluding carboxylic acids is 1. The van der Waals surface area contributed by atoms with Gasteiger partial charge in [0, 0.05) is 32.7 Å². The molecule has 1 aromatic carbocycles. The summed E-state index contributed by atoms with van der Waals surface area (Å²) in [6.45, 7) is 7.66. The molecule has 2 aliphatic heterocycles. The Morgan fingerprint density at radius 1 is 1.15 bits per heavy atom. The molecule has 0 unspecified atom stereocenters. The van der Waals surface area contributed by atoms with E-state index in [2.05, 4.69) is 20.7 Å². The van der Waals surface area contributed by atoms with E-state index in [1.165, 1.54) is 0 Å². The molecule has 0 saturated carbocycles. The molecule has 0 aliphatic carbocycles. The first-order valence-corrected chi connectivity index (χ1v) is 11.6. The number of carbonyl (C=O) groups is 1. The summed E-state index contributed by atoms with van der Waals surface area (Å²) < 4.78 is 21.7. The number of hydrazone groups is 1. The molecule has 0 spiro atoms. The maximum atomic E-state index is 12.3. The molecular formula is C22H33N5O5S. The van der Waals surface area contributed by atoms with Crippen molar-refractivity contribution in [2.75, 3.05) is 79.4 Å². The van der Waals surface area contributed by atoms with Gasteiger partial charge in [-0.1, -0.05) is 0 Å². The van der Waals surface area contributed by atoms with Gasteiger partial charge in [0.25, 0.3) is 5.91 Å². The molecule has 11 heteroatoms. The van der Waals surface area contributed by atoms with Crippen LogP contribution in [-0.2, 0) is 14.3 Å². The summed E-state index contributed by atoms with van der Waals surface area (Å²) in [7, 11) is 1.56. The summed E-state index contributed by atoms with van der Waals surface area (Å²) in [5.41, 5.74) is 3.63. The third-order valence-corrected chi connectivity index (χ3v) is 5.56. The topological polar surface area (TPSA) is 96.9 Å². The molecule has 2 aliphatic rings. The van der Waals surface area contributed by atoms with Crippen LogP contribution in [0.5, 0.6) is 11.5 Å².